The molecule has 1 aliphatic heterocycles. The molecule has 0 aliphatic carbocycles. The van der Waals surface area contributed by atoms with Crippen molar-refractivity contribution < 1.29 is 12.8 Å². The Morgan fingerprint density at radius 1 is 1.10 bits per heavy atom. The van der Waals surface area contributed by atoms with Crippen LogP contribution in [0.5, 0.6) is 0 Å². The molecule has 3 aromatic rings. The molecule has 0 saturated carbocycles. The van der Waals surface area contributed by atoms with E-state index in [-0.39, 0.29) is 10.9 Å². The highest BCUT2D eigenvalue weighted by Gasteiger charge is 2.25. The van der Waals surface area contributed by atoms with Crippen LogP contribution in [0.4, 0.5) is 10.1 Å². The van der Waals surface area contributed by atoms with Gasteiger partial charge in [-0.2, -0.15) is 5.26 Å². The molecule has 0 amide bonds. The summed E-state index contributed by atoms with van der Waals surface area (Å²) >= 11 is 0. The van der Waals surface area contributed by atoms with Crippen LogP contribution in [0.2, 0.25) is 0 Å². The Morgan fingerprint density at radius 2 is 1.79 bits per heavy atom. The van der Waals surface area contributed by atoms with Crippen LogP contribution < -0.4 is 9.62 Å². The Labute approximate surface area is 168 Å². The van der Waals surface area contributed by atoms with Crippen molar-refractivity contribution in [2.75, 3.05) is 18.0 Å². The average Bonchev–Trinajstić information content (AvgIpc) is 2.73. The number of anilines is 1. The molecule has 2 heterocycles. The van der Waals surface area contributed by atoms with Gasteiger partial charge in [-0.05, 0) is 49.2 Å². The summed E-state index contributed by atoms with van der Waals surface area (Å²) in [6.45, 7) is 1.30. The number of para-hydroxylation sites is 1. The SMILES string of the molecule is N#Cc1cc(N2CCC(NS(=O)(=O)c3ccc(F)cc3)CC2)c2ccccc2n1. The number of nitrogens with one attached hydrogen (secondary N) is 1. The average molecular weight is 410 g/mol. The smallest absolute Gasteiger partial charge is 0.240 e. The topological polar surface area (TPSA) is 86.1 Å². The number of piperidine rings is 1. The fourth-order valence-corrected chi connectivity index (χ4v) is 4.92. The van der Waals surface area contributed by atoms with Gasteiger partial charge in [0, 0.05) is 30.2 Å². The van der Waals surface area contributed by atoms with Crippen molar-refractivity contribution in [3.8, 4) is 6.07 Å². The first kappa shape index (κ1) is 19.3. The molecule has 1 fully saturated rings. The molecule has 4 rings (SSSR count). The maximum Gasteiger partial charge on any atom is 0.240 e. The molecule has 0 atom stereocenters. The van der Waals surface area contributed by atoms with Gasteiger partial charge in [0.05, 0.1) is 10.4 Å². The summed E-state index contributed by atoms with van der Waals surface area (Å²) in [6.07, 6.45) is 1.25. The maximum absolute atomic E-state index is 13.1. The highest BCUT2D eigenvalue weighted by Crippen LogP contribution is 2.29. The molecule has 0 radical (unpaired) electrons. The Morgan fingerprint density at radius 3 is 2.48 bits per heavy atom. The number of nitrogens with zero attached hydrogens (tertiary/aromatic N) is 3. The Balaban J connectivity index is 1.50. The predicted molar refractivity (Wildman–Crippen MR) is 108 cm³/mol. The second-order valence-corrected chi connectivity index (χ2v) is 8.71. The molecule has 0 spiro atoms. The minimum absolute atomic E-state index is 0.0557. The third-order valence-corrected chi connectivity index (χ3v) is 6.63. The number of halogens is 1. The van der Waals surface area contributed by atoms with Crippen LogP contribution in [0, 0.1) is 17.1 Å². The third kappa shape index (κ3) is 4.06. The van der Waals surface area contributed by atoms with Crippen molar-refractivity contribution in [2.24, 2.45) is 0 Å². The van der Waals surface area contributed by atoms with Crippen molar-refractivity contribution in [2.45, 2.75) is 23.8 Å². The zero-order chi connectivity index (χ0) is 20.4. The number of sulfonamides is 1. The summed E-state index contributed by atoms with van der Waals surface area (Å²) in [4.78, 5) is 6.56. The number of hydrogen-bond donors (Lipinski definition) is 1. The zero-order valence-electron chi connectivity index (χ0n) is 15.5. The van der Waals surface area contributed by atoms with Crippen LogP contribution in [0.15, 0.2) is 59.5 Å². The summed E-state index contributed by atoms with van der Waals surface area (Å²) in [6, 6.07) is 16.2. The Bertz CT molecular complexity index is 1180. The maximum atomic E-state index is 13.1. The summed E-state index contributed by atoms with van der Waals surface area (Å²) in [7, 11) is -3.69. The van der Waals surface area contributed by atoms with Gasteiger partial charge >= 0.3 is 0 Å². The Kier molecular flexibility index (Phi) is 5.18. The lowest BCUT2D eigenvalue weighted by molar-refractivity contribution is 0.460. The number of hydrogen-bond acceptors (Lipinski definition) is 5. The van der Waals surface area contributed by atoms with Gasteiger partial charge in [0.1, 0.15) is 17.6 Å². The number of pyridine rings is 1. The number of rotatable bonds is 4. The predicted octanol–water partition coefficient (Wildman–Crippen LogP) is 3.19. The normalized spacial score (nSPS) is 15.4. The molecule has 8 heteroatoms. The summed E-state index contributed by atoms with van der Waals surface area (Å²) in [5.74, 6) is -0.474. The van der Waals surface area contributed by atoms with E-state index in [1.165, 1.54) is 12.1 Å². The minimum Gasteiger partial charge on any atom is -0.371 e. The zero-order valence-corrected chi connectivity index (χ0v) is 16.4. The number of benzene rings is 2. The summed E-state index contributed by atoms with van der Waals surface area (Å²) in [5, 5.41) is 10.3. The Hall–Kier alpha value is -3.02. The summed E-state index contributed by atoms with van der Waals surface area (Å²) in [5.41, 5.74) is 2.06. The molecule has 1 aliphatic rings. The van der Waals surface area contributed by atoms with Crippen molar-refractivity contribution in [1.82, 2.24) is 9.71 Å². The van der Waals surface area contributed by atoms with Crippen molar-refractivity contribution in [3.63, 3.8) is 0 Å². The minimum atomic E-state index is -3.69. The monoisotopic (exact) mass is 410 g/mol. The lowest BCUT2D eigenvalue weighted by Gasteiger charge is -2.34. The van der Waals surface area contributed by atoms with Crippen LogP contribution in [-0.4, -0.2) is 32.5 Å². The molecular weight excluding hydrogens is 391 g/mol. The second-order valence-electron chi connectivity index (χ2n) is 6.99. The van der Waals surface area contributed by atoms with Gasteiger partial charge in [-0.25, -0.2) is 22.5 Å². The van der Waals surface area contributed by atoms with Gasteiger partial charge < -0.3 is 4.90 Å². The van der Waals surface area contributed by atoms with Crippen molar-refractivity contribution in [1.29, 1.82) is 5.26 Å². The number of aromatic nitrogens is 1. The van der Waals surface area contributed by atoms with Gasteiger partial charge in [0.25, 0.3) is 0 Å². The molecule has 2 aromatic carbocycles. The molecule has 1 aromatic heterocycles. The van der Waals surface area contributed by atoms with E-state index in [0.29, 0.717) is 31.6 Å². The molecule has 1 saturated heterocycles. The van der Waals surface area contributed by atoms with Gasteiger partial charge in [-0.15, -0.1) is 0 Å². The van der Waals surface area contributed by atoms with E-state index in [0.717, 1.165) is 28.7 Å². The molecular formula is C21H19FN4O2S. The quantitative estimate of drug-likeness (QED) is 0.714. The van der Waals surface area contributed by atoms with E-state index in [1.54, 1.807) is 6.07 Å². The molecule has 6 nitrogen and oxygen atoms in total. The first-order valence-electron chi connectivity index (χ1n) is 9.29. The first-order valence-corrected chi connectivity index (χ1v) is 10.8. The molecule has 1 N–H and O–H groups in total. The van der Waals surface area contributed by atoms with Crippen molar-refractivity contribution >= 4 is 26.6 Å². The second kappa shape index (κ2) is 7.78. The molecule has 0 bridgehead atoms. The van der Waals surface area contributed by atoms with E-state index in [1.807, 2.05) is 24.3 Å². The van der Waals surface area contributed by atoms with Crippen LogP contribution in [0.3, 0.4) is 0 Å². The molecule has 0 unspecified atom stereocenters. The standard InChI is InChI=1S/C21H19FN4O2S/c22-15-5-7-18(8-6-15)29(27,28)25-16-9-11-26(12-10-16)21-13-17(14-23)24-20-4-2-1-3-19(20)21/h1-8,13,16,25H,9-12H2. The van der Waals surface area contributed by atoms with E-state index >= 15 is 0 Å². The fourth-order valence-electron chi connectivity index (χ4n) is 3.62. The fraction of sp³-hybridized carbons (Fsp3) is 0.238. The molecule has 148 valence electrons. The largest absolute Gasteiger partial charge is 0.371 e. The molecule has 29 heavy (non-hydrogen) atoms. The van der Waals surface area contributed by atoms with E-state index in [4.69, 9.17) is 0 Å². The van der Waals surface area contributed by atoms with Crippen LogP contribution in [0.1, 0.15) is 18.5 Å². The van der Waals surface area contributed by atoms with Crippen molar-refractivity contribution in [3.05, 3.63) is 66.1 Å². The van der Waals surface area contributed by atoms with Gasteiger partial charge in [0.2, 0.25) is 10.0 Å². The van der Waals surface area contributed by atoms with Crippen LogP contribution >= 0.6 is 0 Å². The van der Waals surface area contributed by atoms with Crippen LogP contribution in [-0.2, 0) is 10.0 Å². The number of nitriles is 1. The lowest BCUT2D eigenvalue weighted by atomic mass is 10.0. The van der Waals surface area contributed by atoms with Crippen LogP contribution in [0.25, 0.3) is 10.9 Å². The lowest BCUT2D eigenvalue weighted by Crippen LogP contribution is -2.44. The van der Waals surface area contributed by atoms with Gasteiger partial charge in [-0.1, -0.05) is 18.2 Å². The highest BCUT2D eigenvalue weighted by atomic mass is 32.2. The number of fused-ring (bicyclic) bond motifs is 1. The highest BCUT2D eigenvalue weighted by molar-refractivity contribution is 7.89. The van der Waals surface area contributed by atoms with E-state index < -0.39 is 15.8 Å². The summed E-state index contributed by atoms with van der Waals surface area (Å²) < 4.78 is 40.8. The third-order valence-electron chi connectivity index (χ3n) is 5.09. The van der Waals surface area contributed by atoms with E-state index in [2.05, 4.69) is 20.7 Å². The van der Waals surface area contributed by atoms with Gasteiger partial charge in [-0.3, -0.25) is 0 Å². The van der Waals surface area contributed by atoms with Gasteiger partial charge in [0.15, 0.2) is 0 Å². The van der Waals surface area contributed by atoms with E-state index in [9.17, 15) is 18.1 Å². The first-order chi connectivity index (χ1) is 14.0.